The van der Waals surface area contributed by atoms with E-state index in [1.165, 1.54) is 17.3 Å². The summed E-state index contributed by atoms with van der Waals surface area (Å²) in [7, 11) is 1.88. The zero-order valence-corrected chi connectivity index (χ0v) is 11.5. The fourth-order valence-electron chi connectivity index (χ4n) is 2.29. The molecule has 98 valence electrons. The Labute approximate surface area is 115 Å². The van der Waals surface area contributed by atoms with Gasteiger partial charge in [-0.05, 0) is 30.9 Å². The highest BCUT2D eigenvalue weighted by molar-refractivity contribution is 7.99. The number of nitrogens with zero attached hydrogens (tertiary/aromatic N) is 3. The van der Waals surface area contributed by atoms with Crippen LogP contribution >= 0.6 is 11.8 Å². The van der Waals surface area contributed by atoms with Crippen molar-refractivity contribution in [3.05, 3.63) is 35.3 Å². The maximum atomic E-state index is 7.71. The lowest BCUT2D eigenvalue weighted by Gasteiger charge is -2.09. The summed E-state index contributed by atoms with van der Waals surface area (Å²) < 4.78 is 1.75. The molecule has 0 saturated heterocycles. The number of aromatic nitrogens is 3. The molecule has 1 aliphatic rings. The van der Waals surface area contributed by atoms with Crippen LogP contribution in [-0.4, -0.2) is 20.6 Å². The summed E-state index contributed by atoms with van der Waals surface area (Å²) >= 11 is 1.51. The number of nitrogens with two attached hydrogens (primary N) is 1. The van der Waals surface area contributed by atoms with Crippen molar-refractivity contribution in [2.75, 3.05) is 0 Å². The highest BCUT2D eigenvalue weighted by Gasteiger charge is 2.18. The van der Waals surface area contributed by atoms with Gasteiger partial charge in [0.2, 0.25) is 0 Å². The van der Waals surface area contributed by atoms with Crippen molar-refractivity contribution in [3.63, 3.8) is 0 Å². The molecule has 19 heavy (non-hydrogen) atoms. The van der Waals surface area contributed by atoms with E-state index in [-0.39, 0.29) is 5.84 Å². The second kappa shape index (κ2) is 4.70. The summed E-state index contributed by atoms with van der Waals surface area (Å²) in [6.07, 6.45) is 6.93. The Hall–Kier alpha value is -1.82. The summed E-state index contributed by atoms with van der Waals surface area (Å²) in [5.74, 6) is 0.0774. The van der Waals surface area contributed by atoms with Crippen molar-refractivity contribution in [3.8, 4) is 0 Å². The molecule has 0 saturated carbocycles. The number of fused-ring (bicyclic) bond motifs is 1. The Balaban J connectivity index is 2.01. The second-order valence-corrected chi connectivity index (χ2v) is 5.73. The van der Waals surface area contributed by atoms with Gasteiger partial charge in [-0.2, -0.15) is 5.10 Å². The third-order valence-corrected chi connectivity index (χ3v) is 4.15. The molecule has 2 aromatic heterocycles. The van der Waals surface area contributed by atoms with Gasteiger partial charge in [0.25, 0.3) is 0 Å². The quantitative estimate of drug-likeness (QED) is 0.659. The fraction of sp³-hybridized carbons (Fsp3) is 0.308. The molecule has 0 radical (unpaired) electrons. The van der Waals surface area contributed by atoms with E-state index in [2.05, 4.69) is 10.1 Å². The monoisotopic (exact) mass is 273 g/mol. The minimum absolute atomic E-state index is 0.0774. The van der Waals surface area contributed by atoms with Crippen molar-refractivity contribution in [1.82, 2.24) is 14.8 Å². The molecule has 0 aromatic carbocycles. The number of nitrogen functional groups attached to an aromatic ring is 1. The summed E-state index contributed by atoms with van der Waals surface area (Å²) in [6, 6.07) is 2.02. The average molecular weight is 273 g/mol. The number of nitrogens with one attached hydrogen (secondary N) is 1. The van der Waals surface area contributed by atoms with Crippen LogP contribution in [0.15, 0.2) is 28.4 Å². The van der Waals surface area contributed by atoms with Gasteiger partial charge in [0.05, 0.1) is 11.1 Å². The summed E-state index contributed by atoms with van der Waals surface area (Å²) in [6.45, 7) is 0. The Kier molecular flexibility index (Phi) is 3.02. The molecule has 0 fully saturated rings. The van der Waals surface area contributed by atoms with Crippen LogP contribution in [0, 0.1) is 5.41 Å². The predicted molar refractivity (Wildman–Crippen MR) is 74.6 cm³/mol. The van der Waals surface area contributed by atoms with Crippen LogP contribution < -0.4 is 5.73 Å². The molecule has 0 bridgehead atoms. The molecule has 0 atom stereocenters. The van der Waals surface area contributed by atoms with Crippen molar-refractivity contribution in [2.24, 2.45) is 12.8 Å². The van der Waals surface area contributed by atoms with Crippen LogP contribution in [0.4, 0.5) is 0 Å². The minimum Gasteiger partial charge on any atom is -0.384 e. The molecule has 0 spiro atoms. The van der Waals surface area contributed by atoms with E-state index >= 15 is 0 Å². The lowest BCUT2D eigenvalue weighted by molar-refractivity contribution is 0.766. The molecule has 0 unspecified atom stereocenters. The van der Waals surface area contributed by atoms with E-state index in [4.69, 9.17) is 11.1 Å². The maximum absolute atomic E-state index is 7.71. The number of rotatable bonds is 3. The molecule has 2 aromatic rings. The van der Waals surface area contributed by atoms with E-state index in [1.54, 1.807) is 10.9 Å². The molecule has 2 heterocycles. The topological polar surface area (TPSA) is 80.6 Å². The van der Waals surface area contributed by atoms with Crippen LogP contribution in [0.5, 0.6) is 0 Å². The Bertz CT molecular complexity index is 646. The van der Waals surface area contributed by atoms with Crippen LogP contribution in [-0.2, 0) is 19.9 Å². The third kappa shape index (κ3) is 2.35. The van der Waals surface area contributed by atoms with Crippen LogP contribution in [0.3, 0.4) is 0 Å². The Morgan fingerprint density at radius 1 is 1.47 bits per heavy atom. The van der Waals surface area contributed by atoms with E-state index in [0.717, 1.165) is 40.4 Å². The van der Waals surface area contributed by atoms with Gasteiger partial charge in [0.15, 0.2) is 0 Å². The van der Waals surface area contributed by atoms with Gasteiger partial charge < -0.3 is 5.73 Å². The van der Waals surface area contributed by atoms with Gasteiger partial charge in [-0.15, -0.1) is 0 Å². The molecule has 6 heteroatoms. The normalized spacial score (nSPS) is 13.5. The van der Waals surface area contributed by atoms with Gasteiger partial charge in [-0.3, -0.25) is 10.1 Å². The van der Waals surface area contributed by atoms with Crippen LogP contribution in [0.2, 0.25) is 0 Å². The van der Waals surface area contributed by atoms with Crippen molar-refractivity contribution < 1.29 is 0 Å². The Morgan fingerprint density at radius 3 is 3.00 bits per heavy atom. The molecular weight excluding hydrogens is 258 g/mol. The smallest absolute Gasteiger partial charge is 0.125 e. The summed E-state index contributed by atoms with van der Waals surface area (Å²) in [5.41, 5.74) is 8.79. The Morgan fingerprint density at radius 2 is 2.32 bits per heavy atom. The summed E-state index contributed by atoms with van der Waals surface area (Å²) in [4.78, 5) is 5.69. The zero-order valence-electron chi connectivity index (χ0n) is 10.7. The van der Waals surface area contributed by atoms with Crippen molar-refractivity contribution in [1.29, 1.82) is 5.41 Å². The largest absolute Gasteiger partial charge is 0.384 e. The maximum Gasteiger partial charge on any atom is 0.125 e. The highest BCUT2D eigenvalue weighted by atomic mass is 32.2. The SMILES string of the molecule is Cn1cc(Sc2nc3c(cc2C(=N)N)CCC3)cn1. The van der Waals surface area contributed by atoms with E-state index < -0.39 is 0 Å². The minimum atomic E-state index is 0.0774. The molecular formula is C13H15N5S. The predicted octanol–water partition coefficient (Wildman–Crippen LogP) is 1.74. The molecule has 1 aliphatic carbocycles. The number of hydrogen-bond acceptors (Lipinski definition) is 4. The van der Waals surface area contributed by atoms with Gasteiger partial charge in [0.1, 0.15) is 10.9 Å². The van der Waals surface area contributed by atoms with E-state index in [9.17, 15) is 0 Å². The van der Waals surface area contributed by atoms with E-state index in [0.29, 0.717) is 0 Å². The first-order chi connectivity index (χ1) is 9.13. The molecule has 0 amide bonds. The zero-order chi connectivity index (χ0) is 13.4. The van der Waals surface area contributed by atoms with E-state index in [1.807, 2.05) is 19.3 Å². The molecule has 3 N–H and O–H groups in total. The van der Waals surface area contributed by atoms with Gasteiger partial charge in [-0.25, -0.2) is 4.98 Å². The fourth-order valence-corrected chi connectivity index (χ4v) is 3.25. The number of aryl methyl sites for hydroxylation is 3. The highest BCUT2D eigenvalue weighted by Crippen LogP contribution is 2.32. The first-order valence-corrected chi connectivity index (χ1v) is 6.99. The molecule has 3 rings (SSSR count). The lowest BCUT2D eigenvalue weighted by Crippen LogP contribution is -2.14. The average Bonchev–Trinajstić information content (AvgIpc) is 2.96. The summed E-state index contributed by atoms with van der Waals surface area (Å²) in [5, 5.41) is 12.7. The second-order valence-electron chi connectivity index (χ2n) is 4.67. The standard InChI is InChI=1S/C13H15N5S/c1-18-7-9(6-16-18)19-13-10(12(14)15)5-8-3-2-4-11(8)17-13/h5-7H,2-4H2,1H3,(H3,14,15). The first-order valence-electron chi connectivity index (χ1n) is 6.17. The van der Waals surface area contributed by atoms with Crippen LogP contribution in [0.1, 0.15) is 23.2 Å². The van der Waals surface area contributed by atoms with Gasteiger partial charge >= 0.3 is 0 Å². The molecule has 5 nitrogen and oxygen atoms in total. The third-order valence-electron chi connectivity index (χ3n) is 3.20. The number of amidine groups is 1. The number of hydrogen-bond donors (Lipinski definition) is 2. The van der Waals surface area contributed by atoms with Gasteiger partial charge in [0, 0.05) is 24.5 Å². The van der Waals surface area contributed by atoms with Crippen molar-refractivity contribution in [2.45, 2.75) is 29.2 Å². The lowest BCUT2D eigenvalue weighted by atomic mass is 10.1. The van der Waals surface area contributed by atoms with Gasteiger partial charge in [-0.1, -0.05) is 11.8 Å². The van der Waals surface area contributed by atoms with Crippen LogP contribution in [0.25, 0.3) is 0 Å². The van der Waals surface area contributed by atoms with Crippen molar-refractivity contribution >= 4 is 17.6 Å². The number of pyridine rings is 1. The first kappa shape index (κ1) is 12.2. The molecule has 0 aliphatic heterocycles.